The van der Waals surface area contributed by atoms with E-state index in [1.165, 1.54) is 16.7 Å². The Morgan fingerprint density at radius 1 is 1.42 bits per heavy atom. The lowest BCUT2D eigenvalue weighted by atomic mass is 10.1. The van der Waals surface area contributed by atoms with Gasteiger partial charge in [-0.25, -0.2) is 14.8 Å². The molecule has 1 atom stereocenters. The Balaban J connectivity index is 1.91. The number of rotatable bonds is 4. The van der Waals surface area contributed by atoms with Gasteiger partial charge < -0.3 is 20.6 Å². The second-order valence-corrected chi connectivity index (χ2v) is 6.28. The van der Waals surface area contributed by atoms with Gasteiger partial charge in [0, 0.05) is 24.6 Å². The number of amides is 1. The summed E-state index contributed by atoms with van der Waals surface area (Å²) < 4.78 is 6.85. The number of carbonyl (C=O) groups excluding carboxylic acids is 1. The monoisotopic (exact) mass is 355 g/mol. The zero-order valence-electron chi connectivity index (χ0n) is 13.8. The Kier molecular flexibility index (Phi) is 3.92. The molecule has 0 bridgehead atoms. The maximum Gasteiger partial charge on any atom is 0.327 e. The lowest BCUT2D eigenvalue weighted by Gasteiger charge is -2.09. The molecule has 4 N–H and O–H groups in total. The number of hydrogen-bond donors (Lipinski definition) is 3. The van der Waals surface area contributed by atoms with Crippen LogP contribution in [0.5, 0.6) is 5.75 Å². The van der Waals surface area contributed by atoms with Crippen LogP contribution in [0.2, 0.25) is 0 Å². The number of nitrogens with one attached hydrogen (secondary N) is 1. The maximum absolute atomic E-state index is 12.4. The third-order valence-electron chi connectivity index (χ3n) is 4.43. The fourth-order valence-corrected chi connectivity index (χ4v) is 3.14. The molecule has 0 spiro atoms. The standard InChI is InChI=1S/C17H17N5O4/c18-14(24)12-13-16(21-15(19-12)10-2-1-3-11(23)6-10)22(17(25)20-13)7-9-4-5-26-8-9/h1-3,6,9,23H,4-5,7-8H2,(H2,18,24)(H,20,25). The summed E-state index contributed by atoms with van der Waals surface area (Å²) >= 11 is 0. The number of nitrogens with zero attached hydrogens (tertiary/aromatic N) is 3. The van der Waals surface area contributed by atoms with E-state index in [-0.39, 0.29) is 34.4 Å². The predicted molar refractivity (Wildman–Crippen MR) is 92.7 cm³/mol. The van der Waals surface area contributed by atoms with Gasteiger partial charge in [0.15, 0.2) is 17.2 Å². The first-order chi connectivity index (χ1) is 12.5. The van der Waals surface area contributed by atoms with Crippen LogP contribution >= 0.6 is 0 Å². The van der Waals surface area contributed by atoms with Gasteiger partial charge in [0.2, 0.25) is 0 Å². The van der Waals surface area contributed by atoms with Crippen molar-refractivity contribution in [1.29, 1.82) is 0 Å². The van der Waals surface area contributed by atoms with E-state index in [4.69, 9.17) is 10.5 Å². The number of nitrogens with two attached hydrogens (primary N) is 1. The van der Waals surface area contributed by atoms with Gasteiger partial charge in [-0.2, -0.15) is 0 Å². The number of imidazole rings is 1. The molecule has 2 aromatic heterocycles. The van der Waals surface area contributed by atoms with E-state index in [2.05, 4.69) is 15.0 Å². The number of aromatic nitrogens is 4. The number of H-pyrrole nitrogens is 1. The number of benzene rings is 1. The first kappa shape index (κ1) is 16.3. The third kappa shape index (κ3) is 2.82. The number of aromatic hydroxyl groups is 1. The van der Waals surface area contributed by atoms with Crippen molar-refractivity contribution in [3.8, 4) is 17.1 Å². The van der Waals surface area contributed by atoms with Crippen molar-refractivity contribution in [2.45, 2.75) is 13.0 Å². The van der Waals surface area contributed by atoms with Crippen LogP contribution in [-0.2, 0) is 11.3 Å². The molecule has 3 aromatic rings. The Hall–Kier alpha value is -3.20. The van der Waals surface area contributed by atoms with Crippen molar-refractivity contribution in [1.82, 2.24) is 19.5 Å². The number of phenols is 1. The Bertz CT molecular complexity index is 1050. The number of fused-ring (bicyclic) bond motifs is 1. The van der Waals surface area contributed by atoms with Gasteiger partial charge in [-0.15, -0.1) is 0 Å². The van der Waals surface area contributed by atoms with Gasteiger partial charge in [-0.1, -0.05) is 12.1 Å². The molecule has 1 saturated heterocycles. The lowest BCUT2D eigenvalue weighted by molar-refractivity contribution is 0.0997. The van der Waals surface area contributed by atoms with Crippen LogP contribution < -0.4 is 11.4 Å². The first-order valence-corrected chi connectivity index (χ1v) is 8.20. The van der Waals surface area contributed by atoms with Gasteiger partial charge in [0.1, 0.15) is 11.3 Å². The fraction of sp³-hybridized carbons (Fsp3) is 0.294. The molecule has 9 nitrogen and oxygen atoms in total. The minimum absolute atomic E-state index is 0.0429. The van der Waals surface area contributed by atoms with Crippen LogP contribution in [-0.4, -0.2) is 43.7 Å². The van der Waals surface area contributed by atoms with Gasteiger partial charge >= 0.3 is 5.69 Å². The van der Waals surface area contributed by atoms with Crippen molar-refractivity contribution < 1.29 is 14.6 Å². The number of ether oxygens (including phenoxy) is 1. The molecular formula is C17H17N5O4. The van der Waals surface area contributed by atoms with Crippen molar-refractivity contribution in [2.75, 3.05) is 13.2 Å². The number of primary amides is 1. The Labute approximate surface area is 147 Å². The molecule has 9 heteroatoms. The summed E-state index contributed by atoms with van der Waals surface area (Å²) in [6, 6.07) is 6.34. The number of phenolic OH excluding ortho intramolecular Hbond substituents is 1. The van der Waals surface area contributed by atoms with E-state index >= 15 is 0 Å². The molecule has 4 rings (SSSR count). The minimum atomic E-state index is -0.767. The quantitative estimate of drug-likeness (QED) is 0.628. The highest BCUT2D eigenvalue weighted by molar-refractivity contribution is 6.01. The number of hydrogen-bond acceptors (Lipinski definition) is 6. The third-order valence-corrected chi connectivity index (χ3v) is 4.43. The molecule has 1 aliphatic heterocycles. The first-order valence-electron chi connectivity index (χ1n) is 8.20. The molecule has 1 aromatic carbocycles. The average Bonchev–Trinajstić information content (AvgIpc) is 3.23. The molecule has 26 heavy (non-hydrogen) atoms. The van der Waals surface area contributed by atoms with E-state index in [9.17, 15) is 14.7 Å². The van der Waals surface area contributed by atoms with Crippen LogP contribution in [0.4, 0.5) is 0 Å². The highest BCUT2D eigenvalue weighted by atomic mass is 16.5. The maximum atomic E-state index is 12.4. The lowest BCUT2D eigenvalue weighted by Crippen LogP contribution is -2.22. The summed E-state index contributed by atoms with van der Waals surface area (Å²) in [5, 5.41) is 9.69. The van der Waals surface area contributed by atoms with Crippen molar-refractivity contribution in [3.63, 3.8) is 0 Å². The largest absolute Gasteiger partial charge is 0.508 e. The van der Waals surface area contributed by atoms with Crippen LogP contribution in [0.15, 0.2) is 29.1 Å². The highest BCUT2D eigenvalue weighted by Gasteiger charge is 2.23. The van der Waals surface area contributed by atoms with Crippen LogP contribution in [0.3, 0.4) is 0 Å². The van der Waals surface area contributed by atoms with Crippen LogP contribution in [0.1, 0.15) is 16.9 Å². The summed E-state index contributed by atoms with van der Waals surface area (Å²) in [5.74, 6) is -0.321. The normalized spacial score (nSPS) is 17.0. The van der Waals surface area contributed by atoms with E-state index in [1.54, 1.807) is 12.1 Å². The van der Waals surface area contributed by atoms with Gasteiger partial charge in [-0.05, 0) is 18.6 Å². The molecule has 0 radical (unpaired) electrons. The summed E-state index contributed by atoms with van der Waals surface area (Å²) in [4.78, 5) is 35.6. The summed E-state index contributed by atoms with van der Waals surface area (Å²) in [7, 11) is 0. The molecule has 0 saturated carbocycles. The SMILES string of the molecule is NC(=O)c1nc(-c2cccc(O)c2)nc2c1[nH]c(=O)n2CC1CCOC1. The summed E-state index contributed by atoms with van der Waals surface area (Å²) in [6.45, 7) is 1.66. The van der Waals surface area contributed by atoms with E-state index in [0.717, 1.165) is 6.42 Å². The van der Waals surface area contributed by atoms with Crippen molar-refractivity contribution >= 4 is 17.1 Å². The summed E-state index contributed by atoms with van der Waals surface area (Å²) in [6.07, 6.45) is 0.853. The molecular weight excluding hydrogens is 338 g/mol. The molecule has 134 valence electrons. The predicted octanol–water partition coefficient (Wildman–Crippen LogP) is 0.628. The Morgan fingerprint density at radius 2 is 2.27 bits per heavy atom. The number of aromatic amines is 1. The zero-order chi connectivity index (χ0) is 18.3. The molecule has 3 heterocycles. The van der Waals surface area contributed by atoms with Gasteiger partial charge in [0.05, 0.1) is 6.61 Å². The molecule has 0 aliphatic carbocycles. The molecule has 1 aliphatic rings. The minimum Gasteiger partial charge on any atom is -0.508 e. The fourth-order valence-electron chi connectivity index (χ4n) is 3.14. The highest BCUT2D eigenvalue weighted by Crippen LogP contribution is 2.24. The van der Waals surface area contributed by atoms with E-state index in [1.807, 2.05) is 0 Å². The van der Waals surface area contributed by atoms with Crippen LogP contribution in [0, 0.1) is 5.92 Å². The molecule has 1 fully saturated rings. The second-order valence-electron chi connectivity index (χ2n) is 6.28. The topological polar surface area (TPSA) is 136 Å². The van der Waals surface area contributed by atoms with Crippen molar-refractivity contribution in [3.05, 3.63) is 40.4 Å². The van der Waals surface area contributed by atoms with Gasteiger partial charge in [0.25, 0.3) is 5.91 Å². The number of carbonyl (C=O) groups is 1. The Morgan fingerprint density at radius 3 is 2.96 bits per heavy atom. The molecule has 1 unspecified atom stereocenters. The van der Waals surface area contributed by atoms with E-state index in [0.29, 0.717) is 31.0 Å². The second kappa shape index (κ2) is 6.26. The van der Waals surface area contributed by atoms with Crippen molar-refractivity contribution in [2.24, 2.45) is 11.7 Å². The van der Waals surface area contributed by atoms with Gasteiger partial charge in [-0.3, -0.25) is 9.36 Å². The average molecular weight is 355 g/mol. The molecule has 1 amide bonds. The zero-order valence-corrected chi connectivity index (χ0v) is 13.8. The smallest absolute Gasteiger partial charge is 0.327 e. The summed E-state index contributed by atoms with van der Waals surface area (Å²) in [5.41, 5.74) is 6.04. The van der Waals surface area contributed by atoms with Crippen LogP contribution in [0.25, 0.3) is 22.6 Å². The van der Waals surface area contributed by atoms with E-state index < -0.39 is 5.91 Å².